The number of rotatable bonds is 2. The van der Waals surface area contributed by atoms with Crippen molar-refractivity contribution in [2.45, 2.75) is 33.1 Å². The van der Waals surface area contributed by atoms with E-state index in [0.29, 0.717) is 0 Å². The molecular weight excluding hydrogens is 120 g/mol. The minimum Gasteiger partial charge on any atom is -0.0775 e. The van der Waals surface area contributed by atoms with E-state index in [1.807, 2.05) is 0 Å². The van der Waals surface area contributed by atoms with Crippen molar-refractivity contribution in [1.29, 1.82) is 0 Å². The Morgan fingerprint density at radius 1 is 1.40 bits per heavy atom. The highest BCUT2D eigenvalue weighted by Crippen LogP contribution is 2.40. The van der Waals surface area contributed by atoms with Crippen LogP contribution in [0.25, 0.3) is 0 Å². The van der Waals surface area contributed by atoms with Gasteiger partial charge in [0.25, 0.3) is 0 Å². The van der Waals surface area contributed by atoms with Crippen molar-refractivity contribution in [2.24, 2.45) is 5.92 Å². The first-order valence-electron chi connectivity index (χ1n) is 4.13. The largest absolute Gasteiger partial charge is 0.0775 e. The maximum atomic E-state index is 2.37. The normalized spacial score (nSPS) is 29.8. The van der Waals surface area contributed by atoms with Crippen LogP contribution in [0.3, 0.4) is 0 Å². The molecule has 0 saturated heterocycles. The van der Waals surface area contributed by atoms with Gasteiger partial charge in [-0.3, -0.25) is 0 Å². The second-order valence-corrected chi connectivity index (χ2v) is 3.61. The predicted molar refractivity (Wildman–Crippen MR) is 43.8 cm³/mol. The van der Waals surface area contributed by atoms with Gasteiger partial charge in [-0.05, 0) is 33.1 Å². The summed E-state index contributed by atoms with van der Waals surface area (Å²) in [6.07, 6.45) is 6.46. The van der Waals surface area contributed by atoms with Crippen molar-refractivity contribution in [3.8, 4) is 0 Å². The minimum absolute atomic E-state index is 0.866. The van der Waals surface area contributed by atoms with E-state index >= 15 is 0 Å². The zero-order valence-corrected chi connectivity index (χ0v) is 6.78. The van der Waals surface area contributed by atoms with Crippen molar-refractivity contribution < 1.29 is 0 Å². The average molecular weight is 134 g/mol. The fraction of sp³-hybridized carbons (Fsp3) is 0.600. The fourth-order valence-corrected chi connectivity index (χ4v) is 1.58. The fourth-order valence-electron chi connectivity index (χ4n) is 1.58. The highest BCUT2D eigenvalue weighted by molar-refractivity contribution is 5.33. The maximum absolute atomic E-state index is 2.37. The molecule has 1 unspecified atom stereocenters. The molecule has 0 nitrogen and oxygen atoms in total. The van der Waals surface area contributed by atoms with Crippen molar-refractivity contribution in [3.05, 3.63) is 22.8 Å². The van der Waals surface area contributed by atoms with Crippen molar-refractivity contribution in [2.75, 3.05) is 0 Å². The quantitative estimate of drug-likeness (QED) is 0.509. The molecule has 0 heterocycles. The summed E-state index contributed by atoms with van der Waals surface area (Å²) in [5, 5.41) is 0. The Morgan fingerprint density at radius 2 is 2.10 bits per heavy atom. The summed E-state index contributed by atoms with van der Waals surface area (Å²) < 4.78 is 0. The zero-order valence-electron chi connectivity index (χ0n) is 6.78. The topological polar surface area (TPSA) is 0 Å². The van der Waals surface area contributed by atoms with Gasteiger partial charge in [0.2, 0.25) is 0 Å². The van der Waals surface area contributed by atoms with Gasteiger partial charge in [-0.2, -0.15) is 0 Å². The van der Waals surface area contributed by atoms with E-state index in [-0.39, 0.29) is 0 Å². The van der Waals surface area contributed by atoms with E-state index < -0.39 is 0 Å². The third-order valence-electron chi connectivity index (χ3n) is 2.81. The molecule has 0 fully saturated rings. The van der Waals surface area contributed by atoms with Gasteiger partial charge in [0, 0.05) is 5.92 Å². The summed E-state index contributed by atoms with van der Waals surface area (Å²) >= 11 is 0. The summed E-state index contributed by atoms with van der Waals surface area (Å²) in [7, 11) is 0. The number of hydrogen-bond donors (Lipinski definition) is 0. The first kappa shape index (κ1) is 6.21. The predicted octanol–water partition coefficient (Wildman–Crippen LogP) is 3.06. The molecule has 0 radical (unpaired) electrons. The summed E-state index contributed by atoms with van der Waals surface area (Å²) in [6.45, 7) is 4.51. The van der Waals surface area contributed by atoms with Crippen LogP contribution in [0, 0.1) is 5.92 Å². The van der Waals surface area contributed by atoms with Gasteiger partial charge in [0.1, 0.15) is 0 Å². The van der Waals surface area contributed by atoms with E-state index in [0.717, 1.165) is 5.92 Å². The first-order valence-corrected chi connectivity index (χ1v) is 4.13. The van der Waals surface area contributed by atoms with Crippen LogP contribution < -0.4 is 0 Å². The molecule has 2 rings (SSSR count). The Balaban J connectivity index is 1.87. The standard InChI is InChI=1S/C10H14/c1-7-3-4-9(7)6-10-5-8(10)2/h5,10H,3-4,6H2,1-2H3. The van der Waals surface area contributed by atoms with Crippen LogP contribution in [0.4, 0.5) is 0 Å². The highest BCUT2D eigenvalue weighted by Gasteiger charge is 2.24. The second-order valence-electron chi connectivity index (χ2n) is 3.61. The van der Waals surface area contributed by atoms with Crippen LogP contribution >= 0.6 is 0 Å². The molecule has 0 heteroatoms. The SMILES string of the molecule is CC1=CC1CC1=C(C)CC1. The molecule has 2 aliphatic rings. The Labute approximate surface area is 62.6 Å². The Hall–Kier alpha value is -0.520. The molecule has 0 amide bonds. The molecule has 0 bridgehead atoms. The van der Waals surface area contributed by atoms with Gasteiger partial charge in [0.05, 0.1) is 0 Å². The average Bonchev–Trinajstić information content (AvgIpc) is 2.58. The molecule has 0 N–H and O–H groups in total. The van der Waals surface area contributed by atoms with E-state index in [2.05, 4.69) is 19.9 Å². The summed E-state index contributed by atoms with van der Waals surface area (Å²) in [5.74, 6) is 0.866. The molecule has 0 saturated carbocycles. The van der Waals surface area contributed by atoms with Crippen LogP contribution in [0.15, 0.2) is 22.8 Å². The van der Waals surface area contributed by atoms with Crippen LogP contribution in [-0.2, 0) is 0 Å². The van der Waals surface area contributed by atoms with Gasteiger partial charge in [0.15, 0.2) is 0 Å². The lowest BCUT2D eigenvalue weighted by molar-refractivity contribution is 0.700. The van der Waals surface area contributed by atoms with E-state index in [4.69, 9.17) is 0 Å². The Morgan fingerprint density at radius 3 is 2.40 bits per heavy atom. The zero-order chi connectivity index (χ0) is 7.14. The molecule has 0 aromatic carbocycles. The third kappa shape index (κ3) is 0.920. The highest BCUT2D eigenvalue weighted by atomic mass is 14.3. The van der Waals surface area contributed by atoms with Crippen molar-refractivity contribution in [3.63, 3.8) is 0 Å². The van der Waals surface area contributed by atoms with Crippen LogP contribution in [0.2, 0.25) is 0 Å². The summed E-state index contributed by atoms with van der Waals surface area (Å²) in [4.78, 5) is 0. The molecule has 54 valence electrons. The monoisotopic (exact) mass is 134 g/mol. The van der Waals surface area contributed by atoms with Crippen LogP contribution in [-0.4, -0.2) is 0 Å². The molecule has 2 aliphatic carbocycles. The van der Waals surface area contributed by atoms with Gasteiger partial charge >= 0.3 is 0 Å². The van der Waals surface area contributed by atoms with Gasteiger partial charge < -0.3 is 0 Å². The summed E-state index contributed by atoms with van der Waals surface area (Å²) in [6, 6.07) is 0. The molecule has 0 spiro atoms. The van der Waals surface area contributed by atoms with Gasteiger partial charge in [-0.1, -0.05) is 22.8 Å². The lowest BCUT2D eigenvalue weighted by Crippen LogP contribution is -2.02. The van der Waals surface area contributed by atoms with Gasteiger partial charge in [-0.25, -0.2) is 0 Å². The van der Waals surface area contributed by atoms with E-state index in [1.165, 1.54) is 19.3 Å². The number of hydrogen-bond acceptors (Lipinski definition) is 0. The first-order chi connectivity index (χ1) is 4.77. The smallest absolute Gasteiger partial charge is 0.00142 e. The minimum atomic E-state index is 0.866. The molecule has 0 aliphatic heterocycles. The Bertz CT molecular complexity index is 218. The molecule has 1 atom stereocenters. The lowest BCUT2D eigenvalue weighted by atomic mass is 9.85. The number of allylic oxidation sites excluding steroid dienone is 4. The van der Waals surface area contributed by atoms with Crippen LogP contribution in [0.1, 0.15) is 33.1 Å². The van der Waals surface area contributed by atoms with E-state index in [9.17, 15) is 0 Å². The van der Waals surface area contributed by atoms with E-state index in [1.54, 1.807) is 16.7 Å². The maximum Gasteiger partial charge on any atom is 0.00142 e. The molecule has 0 aromatic rings. The van der Waals surface area contributed by atoms with Crippen LogP contribution in [0.5, 0.6) is 0 Å². The lowest BCUT2D eigenvalue weighted by Gasteiger charge is -2.20. The van der Waals surface area contributed by atoms with Crippen molar-refractivity contribution >= 4 is 0 Å². The molecule has 0 aromatic heterocycles. The van der Waals surface area contributed by atoms with Crippen molar-refractivity contribution in [1.82, 2.24) is 0 Å². The Kier molecular flexibility index (Phi) is 1.23. The molecule has 10 heavy (non-hydrogen) atoms. The second kappa shape index (κ2) is 1.98. The third-order valence-corrected chi connectivity index (χ3v) is 2.81. The van der Waals surface area contributed by atoms with Gasteiger partial charge in [-0.15, -0.1) is 0 Å². The molecular formula is C10H14. The summed E-state index contributed by atoms with van der Waals surface area (Å²) in [5.41, 5.74) is 5.00.